The first-order chi connectivity index (χ1) is 8.54. The van der Waals surface area contributed by atoms with E-state index in [0.717, 1.165) is 18.5 Å². The average Bonchev–Trinajstić information content (AvgIpc) is 2.31. The summed E-state index contributed by atoms with van der Waals surface area (Å²) in [6, 6.07) is 2.12. The Hall–Kier alpha value is 0.270. The summed E-state index contributed by atoms with van der Waals surface area (Å²) >= 11 is 2.07. The van der Waals surface area contributed by atoms with Gasteiger partial charge in [-0.25, -0.2) is 0 Å². The molecule has 2 nitrogen and oxygen atoms in total. The summed E-state index contributed by atoms with van der Waals surface area (Å²) in [6.07, 6.45) is 2.64. The first-order valence-electron chi connectivity index (χ1n) is 7.61. The standard InChI is InChI=1S/C15H32N2S/c1-6-18-8-7-13(4)17-11-15(9-12(2)3)16-10-14(17)5/h12-16H,6-11H2,1-5H3. The first kappa shape index (κ1) is 16.3. The normalized spacial score (nSPS) is 27.7. The molecule has 1 rings (SSSR count). The molecule has 3 heteroatoms. The SMILES string of the molecule is CCSCCC(C)N1CC(CC(C)C)NCC1C. The van der Waals surface area contributed by atoms with E-state index in [4.69, 9.17) is 0 Å². The number of nitrogens with one attached hydrogen (secondary N) is 1. The van der Waals surface area contributed by atoms with E-state index in [-0.39, 0.29) is 0 Å². The molecule has 0 saturated carbocycles. The van der Waals surface area contributed by atoms with E-state index in [2.05, 4.69) is 56.6 Å². The van der Waals surface area contributed by atoms with Crippen LogP contribution in [0.15, 0.2) is 0 Å². The highest BCUT2D eigenvalue weighted by molar-refractivity contribution is 7.99. The maximum absolute atomic E-state index is 3.71. The Bertz CT molecular complexity index is 221. The molecular weight excluding hydrogens is 240 g/mol. The Morgan fingerprint density at radius 2 is 2.06 bits per heavy atom. The van der Waals surface area contributed by atoms with Crippen molar-refractivity contribution in [2.75, 3.05) is 24.6 Å². The van der Waals surface area contributed by atoms with Crippen LogP contribution >= 0.6 is 11.8 Å². The lowest BCUT2D eigenvalue weighted by Gasteiger charge is -2.43. The van der Waals surface area contributed by atoms with Gasteiger partial charge in [-0.2, -0.15) is 11.8 Å². The molecule has 0 aliphatic carbocycles. The third-order valence-corrected chi connectivity index (χ3v) is 4.84. The lowest BCUT2D eigenvalue weighted by Crippen LogP contribution is -2.58. The number of thioether (sulfide) groups is 1. The van der Waals surface area contributed by atoms with Gasteiger partial charge in [0.25, 0.3) is 0 Å². The van der Waals surface area contributed by atoms with Gasteiger partial charge in [-0.15, -0.1) is 0 Å². The van der Waals surface area contributed by atoms with Gasteiger partial charge in [0.05, 0.1) is 0 Å². The second-order valence-corrected chi connectivity index (χ2v) is 7.51. The zero-order chi connectivity index (χ0) is 13.5. The Kier molecular flexibility index (Phi) is 7.66. The van der Waals surface area contributed by atoms with E-state index >= 15 is 0 Å². The summed E-state index contributed by atoms with van der Waals surface area (Å²) in [5, 5.41) is 3.71. The van der Waals surface area contributed by atoms with Crippen LogP contribution in [0.1, 0.15) is 47.5 Å². The van der Waals surface area contributed by atoms with Crippen LogP contribution < -0.4 is 5.32 Å². The first-order valence-corrected chi connectivity index (χ1v) is 8.76. The highest BCUT2D eigenvalue weighted by Gasteiger charge is 2.28. The van der Waals surface area contributed by atoms with Crippen LogP contribution in [0, 0.1) is 5.92 Å². The quantitative estimate of drug-likeness (QED) is 0.716. The zero-order valence-corrected chi connectivity index (χ0v) is 13.7. The third kappa shape index (κ3) is 5.50. The number of rotatable bonds is 7. The molecule has 1 aliphatic rings. The molecule has 1 heterocycles. The molecule has 0 aromatic carbocycles. The Labute approximate surface area is 118 Å². The number of nitrogens with zero attached hydrogens (tertiary/aromatic N) is 1. The third-order valence-electron chi connectivity index (χ3n) is 3.91. The van der Waals surface area contributed by atoms with Gasteiger partial charge in [-0.1, -0.05) is 20.8 Å². The fraction of sp³-hybridized carbons (Fsp3) is 1.00. The molecule has 0 spiro atoms. The second-order valence-electron chi connectivity index (χ2n) is 6.12. The minimum atomic E-state index is 0.690. The zero-order valence-electron chi connectivity index (χ0n) is 12.9. The smallest absolute Gasteiger partial charge is 0.0198 e. The van der Waals surface area contributed by atoms with Crippen molar-refractivity contribution in [1.29, 1.82) is 0 Å². The molecule has 1 fully saturated rings. The Balaban J connectivity index is 2.40. The van der Waals surface area contributed by atoms with Gasteiger partial charge < -0.3 is 5.32 Å². The summed E-state index contributed by atoms with van der Waals surface area (Å²) in [4.78, 5) is 2.72. The van der Waals surface area contributed by atoms with Crippen molar-refractivity contribution in [2.24, 2.45) is 5.92 Å². The van der Waals surface area contributed by atoms with Crippen molar-refractivity contribution in [3.63, 3.8) is 0 Å². The van der Waals surface area contributed by atoms with Crippen LogP contribution in [-0.2, 0) is 0 Å². The van der Waals surface area contributed by atoms with Crippen LogP contribution in [0.25, 0.3) is 0 Å². The predicted molar refractivity (Wildman–Crippen MR) is 84.5 cm³/mol. The van der Waals surface area contributed by atoms with Gasteiger partial charge in [0.2, 0.25) is 0 Å². The molecule has 108 valence electrons. The van der Waals surface area contributed by atoms with Crippen LogP contribution in [-0.4, -0.2) is 47.6 Å². The van der Waals surface area contributed by atoms with E-state index in [1.54, 1.807) is 0 Å². The Morgan fingerprint density at radius 1 is 1.33 bits per heavy atom. The largest absolute Gasteiger partial charge is 0.311 e. The Morgan fingerprint density at radius 3 is 2.67 bits per heavy atom. The van der Waals surface area contributed by atoms with Gasteiger partial charge >= 0.3 is 0 Å². The van der Waals surface area contributed by atoms with Crippen molar-refractivity contribution in [1.82, 2.24) is 10.2 Å². The predicted octanol–water partition coefficient (Wildman–Crippen LogP) is 3.23. The molecule has 0 aromatic heterocycles. The fourth-order valence-corrected chi connectivity index (χ4v) is 3.66. The average molecular weight is 273 g/mol. The van der Waals surface area contributed by atoms with Gasteiger partial charge in [-0.05, 0) is 44.1 Å². The van der Waals surface area contributed by atoms with E-state index in [9.17, 15) is 0 Å². The molecule has 1 aliphatic heterocycles. The highest BCUT2D eigenvalue weighted by atomic mass is 32.2. The second kappa shape index (κ2) is 8.44. The minimum Gasteiger partial charge on any atom is -0.311 e. The van der Waals surface area contributed by atoms with Crippen molar-refractivity contribution >= 4 is 11.8 Å². The summed E-state index contributed by atoms with van der Waals surface area (Å²) in [7, 11) is 0. The monoisotopic (exact) mass is 272 g/mol. The van der Waals surface area contributed by atoms with Crippen molar-refractivity contribution < 1.29 is 0 Å². The van der Waals surface area contributed by atoms with Crippen LogP contribution in [0.3, 0.4) is 0 Å². The maximum atomic E-state index is 3.71. The molecule has 18 heavy (non-hydrogen) atoms. The molecule has 3 unspecified atom stereocenters. The topological polar surface area (TPSA) is 15.3 Å². The summed E-state index contributed by atoms with van der Waals surface area (Å²) in [5.74, 6) is 3.35. The molecule has 1 N–H and O–H groups in total. The van der Waals surface area contributed by atoms with Gasteiger partial charge in [0.1, 0.15) is 0 Å². The lowest BCUT2D eigenvalue weighted by molar-refractivity contribution is 0.0910. The number of hydrogen-bond donors (Lipinski definition) is 1. The van der Waals surface area contributed by atoms with Gasteiger partial charge in [0.15, 0.2) is 0 Å². The minimum absolute atomic E-state index is 0.690. The van der Waals surface area contributed by atoms with Crippen LogP contribution in [0.5, 0.6) is 0 Å². The van der Waals surface area contributed by atoms with E-state index < -0.39 is 0 Å². The number of piperazine rings is 1. The van der Waals surface area contributed by atoms with Gasteiger partial charge in [0, 0.05) is 31.2 Å². The van der Waals surface area contributed by atoms with E-state index in [0.29, 0.717) is 12.1 Å². The van der Waals surface area contributed by atoms with Crippen LogP contribution in [0.2, 0.25) is 0 Å². The molecule has 0 bridgehead atoms. The number of hydrogen-bond acceptors (Lipinski definition) is 3. The molecule has 0 aromatic rings. The molecule has 3 atom stereocenters. The highest BCUT2D eigenvalue weighted by Crippen LogP contribution is 2.18. The van der Waals surface area contributed by atoms with Crippen LogP contribution in [0.4, 0.5) is 0 Å². The molecule has 1 saturated heterocycles. The van der Waals surface area contributed by atoms with Gasteiger partial charge in [-0.3, -0.25) is 4.90 Å². The molecule has 0 radical (unpaired) electrons. The van der Waals surface area contributed by atoms with E-state index in [1.165, 1.54) is 30.9 Å². The van der Waals surface area contributed by atoms with Crippen molar-refractivity contribution in [2.45, 2.75) is 65.6 Å². The van der Waals surface area contributed by atoms with E-state index in [1.807, 2.05) is 0 Å². The summed E-state index contributed by atoms with van der Waals surface area (Å²) in [6.45, 7) is 14.1. The fourth-order valence-electron chi connectivity index (χ4n) is 2.86. The molecule has 0 amide bonds. The lowest BCUT2D eigenvalue weighted by atomic mass is 9.98. The summed E-state index contributed by atoms with van der Waals surface area (Å²) in [5.41, 5.74) is 0. The van der Waals surface area contributed by atoms with Crippen molar-refractivity contribution in [3.05, 3.63) is 0 Å². The maximum Gasteiger partial charge on any atom is 0.0198 e. The summed E-state index contributed by atoms with van der Waals surface area (Å²) < 4.78 is 0. The van der Waals surface area contributed by atoms with Crippen molar-refractivity contribution in [3.8, 4) is 0 Å². The molecular formula is C15H32N2S.